The summed E-state index contributed by atoms with van der Waals surface area (Å²) >= 11 is 3.39. The summed E-state index contributed by atoms with van der Waals surface area (Å²) in [4.78, 5) is 24.0. The van der Waals surface area contributed by atoms with E-state index in [9.17, 15) is 9.59 Å². The van der Waals surface area contributed by atoms with Crippen LogP contribution < -0.4 is 16.0 Å². The van der Waals surface area contributed by atoms with Crippen molar-refractivity contribution >= 4 is 39.1 Å². The van der Waals surface area contributed by atoms with Crippen molar-refractivity contribution < 1.29 is 14.3 Å². The Morgan fingerprint density at radius 3 is 2.54 bits per heavy atom. The number of anilines is 2. The highest BCUT2D eigenvalue weighted by Gasteiger charge is 2.06. The first-order valence-corrected chi connectivity index (χ1v) is 9.04. The van der Waals surface area contributed by atoms with Crippen molar-refractivity contribution in [3.63, 3.8) is 0 Å². The molecule has 2 amide bonds. The smallest absolute Gasteiger partial charge is 0.251 e. The number of methoxy groups -OCH3 is 1. The highest BCUT2D eigenvalue weighted by Crippen LogP contribution is 2.15. The Kier molecular flexibility index (Phi) is 8.11. The molecule has 0 bridgehead atoms. The molecule has 0 aliphatic rings. The van der Waals surface area contributed by atoms with Crippen LogP contribution >= 0.6 is 15.9 Å². The number of halogens is 1. The van der Waals surface area contributed by atoms with Crippen molar-refractivity contribution in [3.05, 3.63) is 58.6 Å². The maximum atomic E-state index is 12.0. The molecular weight excluding hydrogens is 398 g/mol. The van der Waals surface area contributed by atoms with Crippen LogP contribution in [0.15, 0.2) is 53.0 Å². The van der Waals surface area contributed by atoms with Crippen LogP contribution in [0.4, 0.5) is 11.4 Å². The van der Waals surface area contributed by atoms with Crippen LogP contribution in [0, 0.1) is 0 Å². The van der Waals surface area contributed by atoms with Gasteiger partial charge in [0.05, 0.1) is 6.54 Å². The highest BCUT2D eigenvalue weighted by atomic mass is 79.9. The minimum Gasteiger partial charge on any atom is -0.385 e. The summed E-state index contributed by atoms with van der Waals surface area (Å²) in [5.41, 5.74) is 2.05. The monoisotopic (exact) mass is 419 g/mol. The summed E-state index contributed by atoms with van der Waals surface area (Å²) in [5.74, 6) is -0.308. The minimum atomic E-state index is -0.165. The van der Waals surface area contributed by atoms with Gasteiger partial charge in [0.15, 0.2) is 0 Å². The second kappa shape index (κ2) is 10.6. The minimum absolute atomic E-state index is 0.143. The van der Waals surface area contributed by atoms with Crippen LogP contribution in [-0.4, -0.2) is 38.6 Å². The van der Waals surface area contributed by atoms with E-state index in [1.165, 1.54) is 0 Å². The molecule has 6 nitrogen and oxygen atoms in total. The average Bonchev–Trinajstić information content (AvgIpc) is 2.64. The van der Waals surface area contributed by atoms with Crippen LogP contribution in [-0.2, 0) is 9.53 Å². The zero-order valence-electron chi connectivity index (χ0n) is 14.5. The lowest BCUT2D eigenvalue weighted by Gasteiger charge is -2.09. The summed E-state index contributed by atoms with van der Waals surface area (Å²) in [6.45, 7) is 1.32. The largest absolute Gasteiger partial charge is 0.385 e. The van der Waals surface area contributed by atoms with Gasteiger partial charge in [-0.05, 0) is 48.9 Å². The van der Waals surface area contributed by atoms with Crippen molar-refractivity contribution in [2.75, 3.05) is 37.4 Å². The molecule has 0 saturated carbocycles. The third-order valence-corrected chi connectivity index (χ3v) is 4.01. The van der Waals surface area contributed by atoms with Gasteiger partial charge in [0.1, 0.15) is 0 Å². The second-order valence-electron chi connectivity index (χ2n) is 5.59. The summed E-state index contributed by atoms with van der Waals surface area (Å²) in [6.07, 6.45) is 0.765. The van der Waals surface area contributed by atoms with Crippen LogP contribution in [0.2, 0.25) is 0 Å². The van der Waals surface area contributed by atoms with E-state index in [4.69, 9.17) is 4.74 Å². The molecule has 0 radical (unpaired) electrons. The van der Waals surface area contributed by atoms with E-state index in [-0.39, 0.29) is 18.4 Å². The molecule has 0 aliphatic heterocycles. The van der Waals surface area contributed by atoms with Crippen molar-refractivity contribution in [1.29, 1.82) is 0 Å². The van der Waals surface area contributed by atoms with Crippen LogP contribution in [0.3, 0.4) is 0 Å². The molecule has 0 fully saturated rings. The zero-order valence-corrected chi connectivity index (χ0v) is 16.1. The molecule has 0 spiro atoms. The van der Waals surface area contributed by atoms with Gasteiger partial charge in [-0.3, -0.25) is 9.59 Å². The third-order valence-electron chi connectivity index (χ3n) is 3.52. The Morgan fingerprint density at radius 2 is 1.85 bits per heavy atom. The maximum absolute atomic E-state index is 12.0. The predicted octanol–water partition coefficient (Wildman–Crippen LogP) is 3.27. The van der Waals surface area contributed by atoms with Crippen LogP contribution in [0.1, 0.15) is 16.8 Å². The fourth-order valence-electron chi connectivity index (χ4n) is 2.21. The Labute approximate surface area is 161 Å². The number of rotatable bonds is 9. The van der Waals surface area contributed by atoms with E-state index in [2.05, 4.69) is 31.9 Å². The molecular formula is C19H22BrN3O3. The summed E-state index contributed by atoms with van der Waals surface area (Å²) in [7, 11) is 1.63. The third kappa shape index (κ3) is 6.85. The Hall–Kier alpha value is -2.38. The molecule has 2 aromatic carbocycles. The molecule has 0 aromatic heterocycles. The van der Waals surface area contributed by atoms with Crippen LogP contribution in [0.5, 0.6) is 0 Å². The number of carbonyl (C=O) groups excluding carboxylic acids is 2. The highest BCUT2D eigenvalue weighted by molar-refractivity contribution is 9.10. The average molecular weight is 420 g/mol. The number of benzene rings is 2. The van der Waals surface area contributed by atoms with E-state index in [1.54, 1.807) is 31.4 Å². The first kappa shape index (κ1) is 19.9. The maximum Gasteiger partial charge on any atom is 0.251 e. The van der Waals surface area contributed by atoms with Gasteiger partial charge in [0, 0.05) is 41.7 Å². The van der Waals surface area contributed by atoms with E-state index in [0.29, 0.717) is 24.4 Å². The van der Waals surface area contributed by atoms with Crippen molar-refractivity contribution in [2.45, 2.75) is 6.42 Å². The fraction of sp³-hybridized carbons (Fsp3) is 0.263. The second-order valence-corrected chi connectivity index (χ2v) is 6.51. The molecule has 0 saturated heterocycles. The summed E-state index contributed by atoms with van der Waals surface area (Å²) in [5, 5.41) is 8.66. The molecule has 0 atom stereocenters. The Balaban J connectivity index is 1.78. The first-order chi connectivity index (χ1) is 12.6. The molecule has 3 N–H and O–H groups in total. The SMILES string of the molecule is COCCCNC(=O)c1ccc(NC(=O)CNc2cccc(Br)c2)cc1. The molecule has 7 heteroatoms. The van der Waals surface area contributed by atoms with Gasteiger partial charge in [-0.25, -0.2) is 0 Å². The number of hydrogen-bond donors (Lipinski definition) is 3. The van der Waals surface area contributed by atoms with Crippen LogP contribution in [0.25, 0.3) is 0 Å². The number of hydrogen-bond acceptors (Lipinski definition) is 4. The van der Waals surface area contributed by atoms with Gasteiger partial charge in [-0.2, -0.15) is 0 Å². The normalized spacial score (nSPS) is 10.2. The Bertz CT molecular complexity index is 735. The van der Waals surface area contributed by atoms with Gasteiger partial charge in [-0.1, -0.05) is 22.0 Å². The standard InChI is InChI=1S/C19H22BrN3O3/c1-26-11-3-10-21-19(25)14-6-8-16(9-7-14)23-18(24)13-22-17-5-2-4-15(20)12-17/h2,4-9,12,22H,3,10-11,13H2,1H3,(H,21,25)(H,23,24). The van der Waals surface area contributed by atoms with Crippen molar-refractivity contribution in [3.8, 4) is 0 Å². The summed E-state index contributed by atoms with van der Waals surface area (Å²) in [6, 6.07) is 14.4. The quantitative estimate of drug-likeness (QED) is 0.544. The lowest BCUT2D eigenvalue weighted by molar-refractivity contribution is -0.114. The molecule has 0 unspecified atom stereocenters. The number of ether oxygens (including phenoxy) is 1. The predicted molar refractivity (Wildman–Crippen MR) is 107 cm³/mol. The molecule has 2 rings (SSSR count). The van der Waals surface area contributed by atoms with E-state index in [0.717, 1.165) is 16.6 Å². The van der Waals surface area contributed by atoms with Crippen molar-refractivity contribution in [2.24, 2.45) is 0 Å². The lowest BCUT2D eigenvalue weighted by atomic mass is 10.2. The van der Waals surface area contributed by atoms with E-state index in [1.807, 2.05) is 24.3 Å². The number of carbonyl (C=O) groups is 2. The summed E-state index contributed by atoms with van der Waals surface area (Å²) < 4.78 is 5.88. The fourth-order valence-corrected chi connectivity index (χ4v) is 2.61. The van der Waals surface area contributed by atoms with E-state index < -0.39 is 0 Å². The number of amides is 2. The topological polar surface area (TPSA) is 79.5 Å². The molecule has 138 valence electrons. The lowest BCUT2D eigenvalue weighted by Crippen LogP contribution is -2.25. The molecule has 2 aromatic rings. The van der Waals surface area contributed by atoms with Gasteiger partial charge in [0.25, 0.3) is 5.91 Å². The van der Waals surface area contributed by atoms with E-state index >= 15 is 0 Å². The molecule has 0 aliphatic carbocycles. The number of nitrogens with one attached hydrogen (secondary N) is 3. The Morgan fingerprint density at radius 1 is 1.08 bits per heavy atom. The van der Waals surface area contributed by atoms with Crippen molar-refractivity contribution in [1.82, 2.24) is 5.32 Å². The van der Waals surface area contributed by atoms with Gasteiger partial charge in [0.2, 0.25) is 5.91 Å². The molecule has 26 heavy (non-hydrogen) atoms. The molecule has 0 heterocycles. The first-order valence-electron chi connectivity index (χ1n) is 8.25. The van der Waals surface area contributed by atoms with Gasteiger partial charge in [-0.15, -0.1) is 0 Å². The van der Waals surface area contributed by atoms with Gasteiger partial charge >= 0.3 is 0 Å². The van der Waals surface area contributed by atoms with Gasteiger partial charge < -0.3 is 20.7 Å². The zero-order chi connectivity index (χ0) is 18.8.